The number of aromatic hydroxyl groups is 5. The summed E-state index contributed by atoms with van der Waals surface area (Å²) in [6, 6.07) is 12.0. The van der Waals surface area contributed by atoms with Crippen LogP contribution in [0, 0.1) is 0 Å². The third kappa shape index (κ3) is 8.16. The minimum atomic E-state index is -1.89. The Balaban J connectivity index is 1.28. The summed E-state index contributed by atoms with van der Waals surface area (Å²) in [7, 11) is 0. The third-order valence-electron chi connectivity index (χ3n) is 8.95. The van der Waals surface area contributed by atoms with E-state index in [1.165, 1.54) is 48.6 Å². The first-order valence-corrected chi connectivity index (χ1v) is 16.5. The number of rotatable bonds is 10. The fraction of sp³-hybridized carbons (Fsp3) is 0.361. The lowest BCUT2D eigenvalue weighted by Crippen LogP contribution is -2.60. The van der Waals surface area contributed by atoms with Gasteiger partial charge < -0.3 is 84.6 Å². The first-order chi connectivity index (χ1) is 25.7. The van der Waals surface area contributed by atoms with E-state index in [1.807, 2.05) is 0 Å². The normalized spacial score (nSPS) is 30.9. The highest BCUT2D eigenvalue weighted by atomic mass is 16.7. The molecule has 11 atom stereocenters. The van der Waals surface area contributed by atoms with Gasteiger partial charge in [0.15, 0.2) is 17.3 Å². The van der Waals surface area contributed by atoms with Gasteiger partial charge in [-0.15, -0.1) is 0 Å². The topological polar surface area (TPSA) is 299 Å². The average Bonchev–Trinajstić information content (AvgIpc) is 3.15. The van der Waals surface area contributed by atoms with Gasteiger partial charge in [-0.2, -0.15) is 0 Å². The molecule has 3 aromatic rings. The number of carbonyl (C=O) groups is 1. The largest absolute Gasteiger partial charge is 0.571 e. The summed E-state index contributed by atoms with van der Waals surface area (Å²) >= 11 is 0. The van der Waals surface area contributed by atoms with E-state index >= 15 is 0 Å². The molecule has 0 aromatic heterocycles. The Morgan fingerprint density at radius 3 is 2.04 bits per heavy atom. The number of ether oxygens (including phenoxy) is 6. The van der Waals surface area contributed by atoms with Gasteiger partial charge in [0.2, 0.25) is 12.6 Å². The summed E-state index contributed by atoms with van der Waals surface area (Å²) in [4.78, 5) is 12.4. The van der Waals surface area contributed by atoms with E-state index in [1.54, 1.807) is 12.1 Å². The van der Waals surface area contributed by atoms with Gasteiger partial charge in [-0.3, -0.25) is 0 Å². The summed E-state index contributed by atoms with van der Waals surface area (Å²) in [5.74, 6) is -2.44. The van der Waals surface area contributed by atoms with E-state index in [-0.39, 0.29) is 39.9 Å². The van der Waals surface area contributed by atoms with E-state index < -0.39 is 98.2 Å². The molecule has 12 N–H and O–H groups in total. The molecule has 6 rings (SSSR count). The molecule has 0 aliphatic carbocycles. The van der Waals surface area contributed by atoms with Crippen molar-refractivity contribution in [1.82, 2.24) is 0 Å². The molecular formula is C36H39O18+. The predicted molar refractivity (Wildman–Crippen MR) is 181 cm³/mol. The van der Waals surface area contributed by atoms with E-state index in [0.29, 0.717) is 5.56 Å². The lowest BCUT2D eigenvalue weighted by Gasteiger charge is -2.41. The number of aliphatic hydroxyl groups is 8. The average molecular weight is 760 g/mol. The molecule has 54 heavy (non-hydrogen) atoms. The van der Waals surface area contributed by atoms with Crippen LogP contribution in [0.15, 0.2) is 66.4 Å². The molecule has 2 fully saturated rings. The van der Waals surface area contributed by atoms with Crippen LogP contribution in [0.3, 0.4) is 0 Å². The van der Waals surface area contributed by atoms with Crippen molar-refractivity contribution in [1.29, 1.82) is 0 Å². The van der Waals surface area contributed by atoms with Gasteiger partial charge in [0, 0.05) is 18.2 Å². The summed E-state index contributed by atoms with van der Waals surface area (Å²) in [6.45, 7) is -1.33. The number of benzene rings is 3. The highest BCUT2D eigenvalue weighted by molar-refractivity contribution is 5.87. The van der Waals surface area contributed by atoms with Gasteiger partial charge >= 0.3 is 5.97 Å². The minimum absolute atomic E-state index is 0.0336. The van der Waals surface area contributed by atoms with Crippen molar-refractivity contribution in [2.75, 3.05) is 13.2 Å². The highest BCUT2D eigenvalue weighted by Crippen LogP contribution is 2.47. The predicted octanol–water partition coefficient (Wildman–Crippen LogP) is -0.894. The van der Waals surface area contributed by atoms with Crippen molar-refractivity contribution in [3.63, 3.8) is 0 Å². The molecule has 0 spiro atoms. The maximum absolute atomic E-state index is 12.4. The van der Waals surface area contributed by atoms with E-state index in [9.17, 15) is 61.0 Å². The fourth-order valence-corrected chi connectivity index (χ4v) is 5.96. The molecule has 290 valence electrons. The van der Waals surface area contributed by atoms with Crippen LogP contribution in [0.1, 0.15) is 22.8 Å². The fourth-order valence-electron chi connectivity index (χ4n) is 5.96. The minimum Gasteiger partial charge on any atom is -0.571 e. The Kier molecular flexibility index (Phi) is 11.5. The molecule has 0 saturated carbocycles. The van der Waals surface area contributed by atoms with Crippen molar-refractivity contribution in [3.05, 3.63) is 83.1 Å². The Morgan fingerprint density at radius 1 is 0.722 bits per heavy atom. The molecular weight excluding hydrogens is 720 g/mol. The molecule has 0 radical (unpaired) electrons. The molecule has 0 amide bonds. The van der Waals surface area contributed by atoms with Crippen LogP contribution in [0.4, 0.5) is 0 Å². The van der Waals surface area contributed by atoms with Gasteiger partial charge in [0.1, 0.15) is 78.3 Å². The molecule has 0 bridgehead atoms. The smallest absolute Gasteiger partial charge is 0.330 e. The monoisotopic (exact) mass is 759 g/mol. The SMILES string of the molecule is O=C(C=Cc1ccc(O)cc1)OCC1OC(OC2=Cc3c(OC4OC(CO)C(O)C(O)C4O)cc(O)cc3[OH+]C2c2ccc(O)c(O)c2)C(O)C(O)C1O. The van der Waals surface area contributed by atoms with Gasteiger partial charge in [0.25, 0.3) is 11.9 Å². The van der Waals surface area contributed by atoms with Gasteiger partial charge in [-0.05, 0) is 42.0 Å². The zero-order chi connectivity index (χ0) is 38.8. The molecule has 18 heteroatoms. The highest BCUT2D eigenvalue weighted by Gasteiger charge is 2.48. The van der Waals surface area contributed by atoms with Crippen LogP contribution >= 0.6 is 0 Å². The summed E-state index contributed by atoms with van der Waals surface area (Å²) in [5.41, 5.74) is 0.876. The number of hydrogen-bond donors (Lipinski definition) is 11. The third-order valence-corrected chi connectivity index (χ3v) is 8.95. The molecule has 3 aliphatic heterocycles. The Hall–Kier alpha value is -5.15. The maximum Gasteiger partial charge on any atom is 0.330 e. The summed E-state index contributed by atoms with van der Waals surface area (Å²) < 4.78 is 32.9. The van der Waals surface area contributed by atoms with Gasteiger partial charge in [0.05, 0.1) is 18.2 Å². The Labute approximate surface area is 305 Å². The number of phenolic OH excluding ortho intramolecular Hbond substituents is 4. The summed E-state index contributed by atoms with van der Waals surface area (Å²) in [5, 5.41) is 113. The van der Waals surface area contributed by atoms with Crippen molar-refractivity contribution in [2.45, 2.75) is 67.5 Å². The number of hydrogen-bond acceptors (Lipinski definition) is 17. The van der Waals surface area contributed by atoms with Crippen molar-refractivity contribution < 1.29 is 89.4 Å². The zero-order valence-corrected chi connectivity index (χ0v) is 28.0. The van der Waals surface area contributed by atoms with Crippen molar-refractivity contribution in [3.8, 4) is 34.5 Å². The molecule has 3 aliphatic rings. The van der Waals surface area contributed by atoms with Crippen LogP contribution in [0.5, 0.6) is 34.5 Å². The Bertz CT molecular complexity index is 1860. The molecule has 2 saturated heterocycles. The number of aliphatic hydroxyl groups excluding tert-OH is 7. The van der Waals surface area contributed by atoms with Crippen molar-refractivity contribution >= 4 is 18.1 Å². The van der Waals surface area contributed by atoms with Crippen LogP contribution in [-0.2, 0) is 23.7 Å². The van der Waals surface area contributed by atoms with Crippen LogP contribution in [0.25, 0.3) is 12.2 Å². The molecule has 3 heterocycles. The lowest BCUT2D eigenvalue weighted by molar-refractivity contribution is -0.296. The first kappa shape index (κ1) is 38.6. The second kappa shape index (κ2) is 16.1. The second-order valence-electron chi connectivity index (χ2n) is 12.7. The van der Waals surface area contributed by atoms with Gasteiger partial charge in [-0.1, -0.05) is 12.1 Å². The molecule has 18 nitrogen and oxygen atoms in total. The van der Waals surface area contributed by atoms with E-state index in [2.05, 4.69) is 4.74 Å². The van der Waals surface area contributed by atoms with Gasteiger partial charge in [-0.25, -0.2) is 4.79 Å². The molecule has 3 aromatic carbocycles. The van der Waals surface area contributed by atoms with E-state index in [4.69, 9.17) is 23.7 Å². The molecule has 11 unspecified atom stereocenters. The number of fused-ring (bicyclic) bond motifs is 1. The van der Waals surface area contributed by atoms with Crippen molar-refractivity contribution in [2.24, 2.45) is 0 Å². The first-order valence-electron chi connectivity index (χ1n) is 16.5. The zero-order valence-electron chi connectivity index (χ0n) is 28.0. The number of esters is 1. The van der Waals surface area contributed by atoms with E-state index in [0.717, 1.165) is 12.1 Å². The standard InChI is InChI=1S/C36H38O18/c37-13-25-28(43)30(45)32(47)35(53-25)51-23-11-18(39)10-22-19(23)12-24(34(50-22)16-4-7-20(40)21(41)9-16)52-36-33(48)31(46)29(44)26(54-36)14-49-27(42)8-3-15-1-5-17(38)6-2-15/h1-12,25-26,28-41,43-48H,13-14H2/p+1. The number of phenols is 4. The van der Waals surface area contributed by atoms with Crippen LogP contribution < -0.4 is 4.74 Å². The Morgan fingerprint density at radius 2 is 1.37 bits per heavy atom. The second-order valence-corrected chi connectivity index (χ2v) is 12.7. The quantitative estimate of drug-likeness (QED) is 0.0517. The lowest BCUT2D eigenvalue weighted by atomic mass is 9.98. The van der Waals surface area contributed by atoms with Crippen LogP contribution in [0.2, 0.25) is 0 Å². The summed E-state index contributed by atoms with van der Waals surface area (Å²) in [6.07, 6.45) is -14.3. The maximum atomic E-state index is 12.4. The number of carbonyl (C=O) groups excluding carboxylic acids is 1. The van der Waals surface area contributed by atoms with Crippen LogP contribution in [-0.4, -0.2) is 142 Å².